The van der Waals surface area contributed by atoms with Crippen LogP contribution < -0.4 is 0 Å². The van der Waals surface area contributed by atoms with Gasteiger partial charge in [0, 0.05) is 18.0 Å². The Kier molecular flexibility index (Phi) is 13.8. The molecule has 0 N–H and O–H groups in total. The molecule has 0 bridgehead atoms. The summed E-state index contributed by atoms with van der Waals surface area (Å²) in [4.78, 5) is 9.17. The molecule has 13 rings (SSSR count). The van der Waals surface area contributed by atoms with E-state index >= 15 is 0 Å². The van der Waals surface area contributed by atoms with E-state index in [1.54, 1.807) is 18.5 Å². The van der Waals surface area contributed by atoms with Crippen LogP contribution in [0.2, 0.25) is 0 Å². The van der Waals surface area contributed by atoms with Crippen molar-refractivity contribution >= 4 is 0 Å². The molecule has 2 nitrogen and oxygen atoms in total. The highest BCUT2D eigenvalue weighted by Gasteiger charge is 2.22. The maximum atomic E-state index is 14.5. The lowest BCUT2D eigenvalue weighted by atomic mass is 9.82. The van der Waals surface area contributed by atoms with E-state index in [0.29, 0.717) is 5.82 Å². The van der Waals surface area contributed by atoms with Gasteiger partial charge in [0.2, 0.25) is 0 Å². The van der Waals surface area contributed by atoms with E-state index in [0.717, 1.165) is 128 Å². The van der Waals surface area contributed by atoms with Gasteiger partial charge in [0.15, 0.2) is 5.82 Å². The highest BCUT2D eigenvalue weighted by Crippen LogP contribution is 2.48. The summed E-state index contributed by atoms with van der Waals surface area (Å²) in [6, 6.07) is 89.2. The summed E-state index contributed by atoms with van der Waals surface area (Å²) in [5, 5.41) is 0. The lowest BCUT2D eigenvalue weighted by molar-refractivity contribution is 0.627. The summed E-state index contributed by atoms with van der Waals surface area (Å²) in [7, 11) is 0. The first kappa shape index (κ1) is 50.9. The molecule has 0 saturated heterocycles. The summed E-state index contributed by atoms with van der Waals surface area (Å²) in [5.74, 6) is -0.646. The Labute approximate surface area is 473 Å². The Morgan fingerprint density at radius 1 is 0.183 bits per heavy atom. The molecule has 0 aliphatic rings. The lowest BCUT2D eigenvalue weighted by Gasteiger charge is -2.21. The van der Waals surface area contributed by atoms with Crippen molar-refractivity contribution in [3.8, 4) is 134 Å². The molecule has 0 saturated carbocycles. The molecule has 1 aromatic heterocycles. The second-order valence-electron chi connectivity index (χ2n) is 20.2. The van der Waals surface area contributed by atoms with Crippen molar-refractivity contribution in [3.05, 3.63) is 315 Å². The van der Waals surface area contributed by atoms with Crippen molar-refractivity contribution in [2.45, 2.75) is 0 Å². The molecule has 82 heavy (non-hydrogen) atoms. The molecule has 1 heterocycles. The van der Waals surface area contributed by atoms with Crippen LogP contribution in [-0.2, 0) is 0 Å². The molecule has 12 aromatic carbocycles. The fraction of sp³-hybridized carbons (Fsp3) is 0. The Morgan fingerprint density at radius 3 is 0.683 bits per heavy atom. The maximum Gasteiger partial charge on any atom is 0.159 e. The second-order valence-corrected chi connectivity index (χ2v) is 20.2. The summed E-state index contributed by atoms with van der Waals surface area (Å²) in [6.07, 6.45) is 3.48. The molecule has 0 aliphatic heterocycles. The van der Waals surface area contributed by atoms with E-state index in [2.05, 4.69) is 137 Å². The van der Waals surface area contributed by atoms with Gasteiger partial charge >= 0.3 is 0 Å². The zero-order chi connectivity index (χ0) is 55.5. The maximum absolute atomic E-state index is 14.5. The minimum atomic E-state index is -0.313. The molecule has 0 spiro atoms. The van der Waals surface area contributed by atoms with Crippen molar-refractivity contribution < 1.29 is 17.6 Å². The highest BCUT2D eigenvalue weighted by atomic mass is 19.1. The normalized spacial score (nSPS) is 11.2. The number of aromatic nitrogens is 2. The fourth-order valence-corrected chi connectivity index (χ4v) is 11.2. The van der Waals surface area contributed by atoms with Crippen LogP contribution in [-0.4, -0.2) is 9.97 Å². The van der Waals surface area contributed by atoms with E-state index in [9.17, 15) is 17.6 Å². The van der Waals surface area contributed by atoms with Crippen LogP contribution in [0.5, 0.6) is 0 Å². The number of hydrogen-bond acceptors (Lipinski definition) is 2. The smallest absolute Gasteiger partial charge is 0.159 e. The molecule has 0 atom stereocenters. The van der Waals surface area contributed by atoms with Gasteiger partial charge in [-0.15, -0.1) is 0 Å². The van der Waals surface area contributed by atoms with Gasteiger partial charge in [0.05, 0.1) is 0 Å². The summed E-state index contributed by atoms with van der Waals surface area (Å²) < 4.78 is 58.1. The molecular formula is C76H48F4N2. The first-order chi connectivity index (χ1) is 40.3. The minimum Gasteiger partial charge on any atom is -0.237 e. The summed E-state index contributed by atoms with van der Waals surface area (Å²) in [5.41, 5.74) is 21.4. The summed E-state index contributed by atoms with van der Waals surface area (Å²) in [6.45, 7) is 0. The number of nitrogens with zero attached hydrogens (tertiary/aromatic N) is 2. The van der Waals surface area contributed by atoms with E-state index in [4.69, 9.17) is 0 Å². The molecule has 13 aromatic rings. The number of hydrogen-bond donors (Lipinski definition) is 0. The highest BCUT2D eigenvalue weighted by molar-refractivity contribution is 6.01. The SMILES string of the molecule is Fc1ccc(-c2ccccc2-c2cc(-c3ccccc3-c3ccc(F)cc3)cc(-c3cccc(-c4cc(-c5ccccc5-c5ccc(F)cc5)cc(-c5ccccc5-c5ccc(F)cc5)c4)c3-c3ccc(-c4ncccn4)cc3)c2)cc1. The third-order valence-corrected chi connectivity index (χ3v) is 15.1. The van der Waals surface area contributed by atoms with Gasteiger partial charge in [-0.2, -0.15) is 0 Å². The van der Waals surface area contributed by atoms with Gasteiger partial charge in [0.1, 0.15) is 23.3 Å². The molecular weight excluding hydrogens is 1020 g/mol. The Morgan fingerprint density at radius 2 is 0.402 bits per heavy atom. The van der Waals surface area contributed by atoms with Crippen LogP contribution in [0.1, 0.15) is 0 Å². The first-order valence-electron chi connectivity index (χ1n) is 27.0. The molecule has 390 valence electrons. The minimum absolute atomic E-state index is 0.313. The Bertz CT molecular complexity index is 3980. The number of rotatable bonds is 12. The summed E-state index contributed by atoms with van der Waals surface area (Å²) >= 11 is 0. The standard InChI is InChI=1S/C76H48F4N2/c77-61-33-25-49(26-34-61)65-11-1-5-15-69(65)55-43-56(70-16-6-2-12-66(70)50-27-35-62(78)36-28-50)46-59(45-55)73-19-9-20-74(75(73)53-21-23-54(24-22-53)76-81-41-10-42-82-76)60-47-57(71-17-7-3-13-67(71)51-29-37-63(79)38-30-51)44-58(48-60)72-18-8-4-14-68(72)52-31-39-64(80)40-32-52/h1-48H. The third-order valence-electron chi connectivity index (χ3n) is 15.1. The molecule has 6 heteroatoms. The monoisotopic (exact) mass is 1060 g/mol. The average molecular weight is 1070 g/mol. The largest absolute Gasteiger partial charge is 0.237 e. The predicted molar refractivity (Wildman–Crippen MR) is 327 cm³/mol. The van der Waals surface area contributed by atoms with Crippen LogP contribution in [0.15, 0.2) is 291 Å². The second kappa shape index (κ2) is 22.3. The van der Waals surface area contributed by atoms with Gasteiger partial charge in [-0.1, -0.05) is 188 Å². The number of benzene rings is 12. The molecule has 0 radical (unpaired) electrons. The topological polar surface area (TPSA) is 25.8 Å². The van der Waals surface area contributed by atoms with Crippen LogP contribution in [0, 0.1) is 23.3 Å². The third kappa shape index (κ3) is 10.3. The van der Waals surface area contributed by atoms with Crippen LogP contribution in [0.4, 0.5) is 17.6 Å². The number of halogens is 4. The van der Waals surface area contributed by atoms with E-state index in [1.165, 1.54) is 48.5 Å². The molecule has 0 aliphatic carbocycles. The van der Waals surface area contributed by atoms with Gasteiger partial charge in [-0.3, -0.25) is 0 Å². The zero-order valence-corrected chi connectivity index (χ0v) is 44.1. The Hall–Kier alpha value is -10.6. The quantitative estimate of drug-likeness (QED) is 0.114. The van der Waals surface area contributed by atoms with E-state index in [-0.39, 0.29) is 23.3 Å². The van der Waals surface area contributed by atoms with Gasteiger partial charge < -0.3 is 0 Å². The first-order valence-corrected chi connectivity index (χ1v) is 27.0. The Balaban J connectivity index is 1.09. The van der Waals surface area contributed by atoms with Crippen LogP contribution >= 0.6 is 0 Å². The van der Waals surface area contributed by atoms with Crippen LogP contribution in [0.3, 0.4) is 0 Å². The van der Waals surface area contributed by atoms with E-state index < -0.39 is 0 Å². The van der Waals surface area contributed by atoms with Crippen molar-refractivity contribution in [2.75, 3.05) is 0 Å². The van der Waals surface area contributed by atoms with Crippen molar-refractivity contribution in [1.82, 2.24) is 9.97 Å². The van der Waals surface area contributed by atoms with Crippen molar-refractivity contribution in [3.63, 3.8) is 0 Å². The predicted octanol–water partition coefficient (Wildman–Crippen LogP) is 21.0. The van der Waals surface area contributed by atoms with Gasteiger partial charge in [0.25, 0.3) is 0 Å². The molecule has 0 fully saturated rings. The zero-order valence-electron chi connectivity index (χ0n) is 44.1. The fourth-order valence-electron chi connectivity index (χ4n) is 11.2. The van der Waals surface area contributed by atoms with Crippen molar-refractivity contribution in [2.24, 2.45) is 0 Å². The van der Waals surface area contributed by atoms with E-state index in [1.807, 2.05) is 97.1 Å². The van der Waals surface area contributed by atoms with Gasteiger partial charge in [-0.05, 0) is 213 Å². The lowest BCUT2D eigenvalue weighted by Crippen LogP contribution is -1.95. The molecule has 0 amide bonds. The average Bonchev–Trinajstić information content (AvgIpc) is 3.69. The van der Waals surface area contributed by atoms with Crippen molar-refractivity contribution in [1.29, 1.82) is 0 Å². The molecule has 0 unspecified atom stereocenters. The van der Waals surface area contributed by atoms with Gasteiger partial charge in [-0.25, -0.2) is 27.5 Å². The van der Waals surface area contributed by atoms with Crippen LogP contribution in [0.25, 0.3) is 134 Å².